The van der Waals surface area contributed by atoms with Crippen LogP contribution in [-0.4, -0.2) is 33.5 Å². The molecule has 1 aromatic heterocycles. The minimum absolute atomic E-state index is 0.0261. The van der Waals surface area contributed by atoms with Gasteiger partial charge in [0.15, 0.2) is 5.82 Å². The van der Waals surface area contributed by atoms with Crippen molar-refractivity contribution in [2.24, 2.45) is 0 Å². The monoisotopic (exact) mass is 408 g/mol. The molecule has 2 aromatic carbocycles. The second-order valence-electron chi connectivity index (χ2n) is 7.52. The van der Waals surface area contributed by atoms with Gasteiger partial charge in [0.25, 0.3) is 0 Å². The molecule has 30 heavy (non-hydrogen) atoms. The Morgan fingerprint density at radius 1 is 1.20 bits per heavy atom. The van der Waals surface area contributed by atoms with Crippen LogP contribution in [0, 0.1) is 5.82 Å². The van der Waals surface area contributed by atoms with E-state index in [1.54, 1.807) is 12.1 Å². The average Bonchev–Trinajstić information content (AvgIpc) is 3.22. The lowest BCUT2D eigenvalue weighted by atomic mass is 9.93. The van der Waals surface area contributed by atoms with Crippen LogP contribution in [0.2, 0.25) is 0 Å². The molecule has 1 aliphatic heterocycles. The van der Waals surface area contributed by atoms with Gasteiger partial charge in [-0.15, -0.1) is 0 Å². The van der Waals surface area contributed by atoms with Crippen LogP contribution in [0.4, 0.5) is 4.39 Å². The summed E-state index contributed by atoms with van der Waals surface area (Å²) in [7, 11) is 0. The van der Waals surface area contributed by atoms with Crippen LogP contribution < -0.4 is 5.32 Å². The van der Waals surface area contributed by atoms with E-state index >= 15 is 0 Å². The highest BCUT2D eigenvalue weighted by Crippen LogP contribution is 2.25. The summed E-state index contributed by atoms with van der Waals surface area (Å²) in [4.78, 5) is 19.5. The van der Waals surface area contributed by atoms with Crippen molar-refractivity contribution >= 4 is 5.91 Å². The van der Waals surface area contributed by atoms with E-state index in [9.17, 15) is 9.18 Å². The van der Waals surface area contributed by atoms with Crippen molar-refractivity contribution in [2.75, 3.05) is 6.54 Å². The Kier molecular flexibility index (Phi) is 6.18. The minimum atomic E-state index is -0.315. The highest BCUT2D eigenvalue weighted by molar-refractivity contribution is 5.82. The third-order valence-electron chi connectivity index (χ3n) is 5.44. The fourth-order valence-electron chi connectivity index (χ4n) is 3.77. The summed E-state index contributed by atoms with van der Waals surface area (Å²) in [5.41, 5.74) is 3.39. The van der Waals surface area contributed by atoms with Crippen molar-refractivity contribution in [3.8, 4) is 0 Å². The van der Waals surface area contributed by atoms with Gasteiger partial charge in [0.1, 0.15) is 5.82 Å². The Bertz CT molecular complexity index is 1000. The van der Waals surface area contributed by atoms with Gasteiger partial charge in [0.05, 0.1) is 12.6 Å². The molecule has 156 valence electrons. The molecule has 0 saturated carbocycles. The quantitative estimate of drug-likeness (QED) is 0.651. The van der Waals surface area contributed by atoms with Gasteiger partial charge >= 0.3 is 0 Å². The van der Waals surface area contributed by atoms with Gasteiger partial charge in [-0.05, 0) is 41.7 Å². The maximum Gasteiger partial charge on any atom is 0.240 e. The van der Waals surface area contributed by atoms with Gasteiger partial charge in [0, 0.05) is 19.5 Å². The number of carbonyl (C=O) groups excluding carboxylic acids is 1. The lowest BCUT2D eigenvalue weighted by Gasteiger charge is -2.35. The number of aromatic nitrogens is 2. The molecule has 0 bridgehead atoms. The summed E-state index contributed by atoms with van der Waals surface area (Å²) in [6, 6.07) is 14.2. The van der Waals surface area contributed by atoms with Crippen LogP contribution in [0.15, 0.2) is 53.1 Å². The molecule has 6 nitrogen and oxygen atoms in total. The minimum Gasteiger partial charge on any atom is -0.354 e. The van der Waals surface area contributed by atoms with Gasteiger partial charge in [0.2, 0.25) is 11.8 Å². The predicted octanol–water partition coefficient (Wildman–Crippen LogP) is 3.06. The molecule has 0 spiro atoms. The third kappa shape index (κ3) is 4.74. The van der Waals surface area contributed by atoms with Gasteiger partial charge in [-0.1, -0.05) is 48.5 Å². The third-order valence-corrected chi connectivity index (χ3v) is 5.44. The van der Waals surface area contributed by atoms with E-state index in [1.807, 2.05) is 19.1 Å². The number of carbonyl (C=O) groups is 1. The Balaban J connectivity index is 1.44. The number of rotatable bonds is 7. The predicted molar refractivity (Wildman–Crippen MR) is 110 cm³/mol. The number of nitrogens with zero attached hydrogens (tertiary/aromatic N) is 3. The molecule has 1 amide bonds. The van der Waals surface area contributed by atoms with Crippen molar-refractivity contribution in [2.45, 2.75) is 45.3 Å². The lowest BCUT2D eigenvalue weighted by molar-refractivity contribution is -0.127. The smallest absolute Gasteiger partial charge is 0.240 e. The van der Waals surface area contributed by atoms with E-state index in [2.05, 4.69) is 32.5 Å². The summed E-state index contributed by atoms with van der Waals surface area (Å²) in [6.45, 7) is 3.55. The molecule has 1 aliphatic rings. The zero-order chi connectivity index (χ0) is 20.9. The zero-order valence-corrected chi connectivity index (χ0v) is 17.0. The summed E-state index contributed by atoms with van der Waals surface area (Å²) >= 11 is 0. The normalized spacial score (nSPS) is 16.3. The number of hydrogen-bond donors (Lipinski definition) is 1. The maximum absolute atomic E-state index is 13.1. The number of fused-ring (bicyclic) bond motifs is 1. The van der Waals surface area contributed by atoms with E-state index in [4.69, 9.17) is 4.52 Å². The molecule has 3 aromatic rings. The molecule has 1 unspecified atom stereocenters. The second-order valence-corrected chi connectivity index (χ2v) is 7.52. The first-order valence-electron chi connectivity index (χ1n) is 10.3. The van der Waals surface area contributed by atoms with Gasteiger partial charge in [-0.3, -0.25) is 9.69 Å². The van der Waals surface area contributed by atoms with Crippen LogP contribution in [0.1, 0.15) is 35.3 Å². The van der Waals surface area contributed by atoms with Crippen molar-refractivity contribution in [1.29, 1.82) is 0 Å². The van der Waals surface area contributed by atoms with E-state index in [1.165, 1.54) is 23.3 Å². The summed E-state index contributed by atoms with van der Waals surface area (Å²) in [6.07, 6.45) is 1.99. The van der Waals surface area contributed by atoms with Crippen LogP contribution in [-0.2, 0) is 37.1 Å². The largest absolute Gasteiger partial charge is 0.354 e. The van der Waals surface area contributed by atoms with Crippen molar-refractivity contribution in [3.63, 3.8) is 0 Å². The fraction of sp³-hybridized carbons (Fsp3) is 0.348. The molecular formula is C23H25FN4O2. The molecule has 0 radical (unpaired) electrons. The van der Waals surface area contributed by atoms with E-state index in [0.717, 1.165) is 5.56 Å². The van der Waals surface area contributed by atoms with E-state index in [0.29, 0.717) is 50.6 Å². The highest BCUT2D eigenvalue weighted by atomic mass is 19.1. The summed E-state index contributed by atoms with van der Waals surface area (Å²) < 4.78 is 18.4. The Morgan fingerprint density at radius 3 is 2.70 bits per heavy atom. The zero-order valence-electron chi connectivity index (χ0n) is 17.0. The van der Waals surface area contributed by atoms with Crippen molar-refractivity contribution in [3.05, 3.63) is 82.8 Å². The number of amides is 1. The van der Waals surface area contributed by atoms with Crippen LogP contribution in [0.3, 0.4) is 0 Å². The molecule has 4 rings (SSSR count). The van der Waals surface area contributed by atoms with Gasteiger partial charge < -0.3 is 9.84 Å². The molecule has 0 saturated heterocycles. The lowest BCUT2D eigenvalue weighted by Crippen LogP contribution is -2.50. The Hall–Kier alpha value is -3.06. The molecule has 7 heteroatoms. The Morgan fingerprint density at radius 2 is 1.97 bits per heavy atom. The van der Waals surface area contributed by atoms with E-state index in [-0.39, 0.29) is 17.8 Å². The standard InChI is InChI=1S/C23H25FN4O2/c1-2-21-26-22(30-27-21)15-28-14-18-6-4-3-5-17(18)13-20(28)23(29)25-12-11-16-7-9-19(24)10-8-16/h3-10,20H,2,11-15H2,1H3,(H,25,29). The maximum atomic E-state index is 13.1. The topological polar surface area (TPSA) is 71.3 Å². The molecule has 1 N–H and O–H groups in total. The number of benzene rings is 2. The molecule has 0 fully saturated rings. The van der Waals surface area contributed by atoms with Crippen molar-refractivity contribution < 1.29 is 13.7 Å². The van der Waals surface area contributed by atoms with Gasteiger partial charge in [-0.25, -0.2) is 4.39 Å². The number of halogens is 1. The first-order valence-corrected chi connectivity index (χ1v) is 10.3. The number of hydrogen-bond acceptors (Lipinski definition) is 5. The fourth-order valence-corrected chi connectivity index (χ4v) is 3.77. The molecule has 1 atom stereocenters. The number of nitrogens with one attached hydrogen (secondary N) is 1. The molecular weight excluding hydrogens is 383 g/mol. The van der Waals surface area contributed by atoms with Crippen molar-refractivity contribution in [1.82, 2.24) is 20.4 Å². The summed E-state index contributed by atoms with van der Waals surface area (Å²) in [5.74, 6) is 0.909. The SMILES string of the molecule is CCc1noc(CN2Cc3ccccc3CC2C(=O)NCCc2ccc(F)cc2)n1. The molecule has 0 aliphatic carbocycles. The van der Waals surface area contributed by atoms with Crippen LogP contribution in [0.25, 0.3) is 0 Å². The first kappa shape index (κ1) is 20.2. The van der Waals surface area contributed by atoms with Crippen LogP contribution in [0.5, 0.6) is 0 Å². The second kappa shape index (κ2) is 9.17. The number of aryl methyl sites for hydroxylation is 1. The van der Waals surface area contributed by atoms with Crippen LogP contribution >= 0.6 is 0 Å². The Labute approximate surface area is 175 Å². The average molecular weight is 408 g/mol. The highest BCUT2D eigenvalue weighted by Gasteiger charge is 2.32. The summed E-state index contributed by atoms with van der Waals surface area (Å²) in [5, 5.41) is 7.00. The van der Waals surface area contributed by atoms with E-state index < -0.39 is 0 Å². The molecule has 2 heterocycles. The first-order chi connectivity index (χ1) is 14.6. The van der Waals surface area contributed by atoms with Gasteiger partial charge in [-0.2, -0.15) is 4.98 Å².